The molecule has 0 amide bonds. The van der Waals surface area contributed by atoms with Crippen LogP contribution >= 0.6 is 0 Å². The van der Waals surface area contributed by atoms with Crippen molar-refractivity contribution < 1.29 is 24.2 Å². The molecule has 0 unspecified atom stereocenters. The molecule has 0 N–H and O–H groups in total. The van der Waals surface area contributed by atoms with Crippen molar-refractivity contribution in [1.29, 1.82) is 0 Å². The van der Waals surface area contributed by atoms with Gasteiger partial charge in [0.1, 0.15) is 0 Å². The van der Waals surface area contributed by atoms with Crippen molar-refractivity contribution in [2.24, 2.45) is 0 Å². The predicted octanol–water partition coefficient (Wildman–Crippen LogP) is 0.999. The standard InChI is InChI=1S/C5H9O.Zn/c1-2-4-6-5-3-1;/h1H,2-5H2;. The SMILES string of the molecule is [CH]1CCOCC1.[Zn]. The fourth-order valence-electron chi connectivity index (χ4n) is 0.580. The summed E-state index contributed by atoms with van der Waals surface area (Å²) in [6, 6.07) is 0. The smallest absolute Gasteiger partial charge is 0.0468 e. The van der Waals surface area contributed by atoms with E-state index < -0.39 is 0 Å². The minimum absolute atomic E-state index is 0. The van der Waals surface area contributed by atoms with Gasteiger partial charge in [0.2, 0.25) is 0 Å². The molecule has 0 bridgehead atoms. The van der Waals surface area contributed by atoms with Gasteiger partial charge in [-0.3, -0.25) is 0 Å². The molecule has 0 spiro atoms. The van der Waals surface area contributed by atoms with E-state index >= 15 is 0 Å². The molecule has 1 fully saturated rings. The van der Waals surface area contributed by atoms with Crippen molar-refractivity contribution >= 4 is 0 Å². The summed E-state index contributed by atoms with van der Waals surface area (Å²) in [7, 11) is 0. The zero-order chi connectivity index (χ0) is 4.24. The maximum absolute atomic E-state index is 5.04. The van der Waals surface area contributed by atoms with Crippen LogP contribution in [0.1, 0.15) is 12.8 Å². The third kappa shape index (κ3) is 3.19. The van der Waals surface area contributed by atoms with E-state index in [1.165, 1.54) is 0 Å². The molecule has 1 aliphatic rings. The summed E-state index contributed by atoms with van der Waals surface area (Å²) in [6.45, 7) is 1.89. The van der Waals surface area contributed by atoms with Crippen LogP contribution in [0.4, 0.5) is 0 Å². The Morgan fingerprint density at radius 2 is 1.71 bits per heavy atom. The van der Waals surface area contributed by atoms with Crippen molar-refractivity contribution in [2.75, 3.05) is 13.2 Å². The Morgan fingerprint density at radius 1 is 1.14 bits per heavy atom. The first-order chi connectivity index (χ1) is 3.00. The molecule has 7 heavy (non-hydrogen) atoms. The summed E-state index contributed by atoms with van der Waals surface area (Å²) in [5.74, 6) is 0. The number of hydrogen-bond donors (Lipinski definition) is 0. The molecule has 37 valence electrons. The van der Waals surface area contributed by atoms with E-state index in [2.05, 4.69) is 6.42 Å². The van der Waals surface area contributed by atoms with Gasteiger partial charge in [-0.1, -0.05) is 0 Å². The number of hydrogen-bond acceptors (Lipinski definition) is 1. The van der Waals surface area contributed by atoms with Crippen molar-refractivity contribution in [3.05, 3.63) is 6.42 Å². The minimum Gasteiger partial charge on any atom is -0.381 e. The molecule has 1 radical (unpaired) electrons. The normalized spacial score (nSPS) is 20.6. The third-order valence-electron chi connectivity index (χ3n) is 0.933. The molecule has 2 heteroatoms. The van der Waals surface area contributed by atoms with Crippen molar-refractivity contribution in [3.63, 3.8) is 0 Å². The molecule has 1 aliphatic heterocycles. The molecular formula is C5H9OZn. The van der Waals surface area contributed by atoms with E-state index in [1.54, 1.807) is 0 Å². The van der Waals surface area contributed by atoms with Gasteiger partial charge in [0.05, 0.1) is 0 Å². The van der Waals surface area contributed by atoms with Gasteiger partial charge in [0.15, 0.2) is 0 Å². The second-order valence-electron chi connectivity index (χ2n) is 1.48. The van der Waals surface area contributed by atoms with Gasteiger partial charge in [-0.2, -0.15) is 0 Å². The van der Waals surface area contributed by atoms with Crippen molar-refractivity contribution in [1.82, 2.24) is 0 Å². The molecule has 0 atom stereocenters. The summed E-state index contributed by atoms with van der Waals surface area (Å²) >= 11 is 0. The Hall–Kier alpha value is 0.583. The van der Waals surface area contributed by atoms with Gasteiger partial charge < -0.3 is 4.74 Å². The largest absolute Gasteiger partial charge is 0.381 e. The summed E-state index contributed by atoms with van der Waals surface area (Å²) in [5.41, 5.74) is 0. The second kappa shape index (κ2) is 4.74. The second-order valence-corrected chi connectivity index (χ2v) is 1.48. The van der Waals surface area contributed by atoms with Crippen LogP contribution < -0.4 is 0 Å². The van der Waals surface area contributed by atoms with Crippen LogP contribution in [0, 0.1) is 6.42 Å². The molecule has 0 saturated carbocycles. The average Bonchev–Trinajstić information content (AvgIpc) is 1.72. The van der Waals surface area contributed by atoms with Crippen LogP contribution in [0.15, 0.2) is 0 Å². The van der Waals surface area contributed by atoms with E-state index in [4.69, 9.17) is 4.74 Å². The van der Waals surface area contributed by atoms with Gasteiger partial charge >= 0.3 is 0 Å². The monoisotopic (exact) mass is 149 g/mol. The summed E-state index contributed by atoms with van der Waals surface area (Å²) in [6.07, 6.45) is 4.57. The average molecular weight is 151 g/mol. The van der Waals surface area contributed by atoms with Crippen LogP contribution in [0.25, 0.3) is 0 Å². The van der Waals surface area contributed by atoms with Crippen LogP contribution in [0.3, 0.4) is 0 Å². The quantitative estimate of drug-likeness (QED) is 0.468. The molecule has 1 heterocycles. The zero-order valence-electron chi connectivity index (χ0n) is 4.52. The summed E-state index contributed by atoms with van der Waals surface area (Å²) in [5, 5.41) is 0. The van der Waals surface area contributed by atoms with E-state index in [1.807, 2.05) is 0 Å². The number of rotatable bonds is 0. The minimum atomic E-state index is 0. The Balaban J connectivity index is 0.000000360. The van der Waals surface area contributed by atoms with Gasteiger partial charge in [-0.05, 0) is 19.3 Å². The Morgan fingerprint density at radius 3 is 1.86 bits per heavy atom. The Labute approximate surface area is 57.2 Å². The first-order valence-electron chi connectivity index (χ1n) is 2.39. The third-order valence-corrected chi connectivity index (χ3v) is 0.933. The fraction of sp³-hybridized carbons (Fsp3) is 0.800. The predicted molar refractivity (Wildman–Crippen MR) is 24.4 cm³/mol. The Kier molecular flexibility index (Phi) is 5.13. The van der Waals surface area contributed by atoms with Gasteiger partial charge in [0.25, 0.3) is 0 Å². The van der Waals surface area contributed by atoms with Crippen LogP contribution in [-0.4, -0.2) is 13.2 Å². The van der Waals surface area contributed by atoms with Crippen molar-refractivity contribution in [2.45, 2.75) is 12.8 Å². The summed E-state index contributed by atoms with van der Waals surface area (Å²) in [4.78, 5) is 0. The fourth-order valence-corrected chi connectivity index (χ4v) is 0.580. The molecule has 1 rings (SSSR count). The van der Waals surface area contributed by atoms with Crippen molar-refractivity contribution in [3.8, 4) is 0 Å². The first-order valence-corrected chi connectivity index (χ1v) is 2.39. The maximum atomic E-state index is 5.04. The van der Waals surface area contributed by atoms with Gasteiger partial charge in [0, 0.05) is 32.7 Å². The van der Waals surface area contributed by atoms with E-state index in [0.717, 1.165) is 26.1 Å². The summed E-state index contributed by atoms with van der Waals surface area (Å²) < 4.78 is 5.04. The molecule has 0 aromatic heterocycles. The molecule has 0 aromatic carbocycles. The Bertz CT molecular complexity index is 23.6. The first kappa shape index (κ1) is 7.58. The molecule has 1 saturated heterocycles. The van der Waals surface area contributed by atoms with Crippen LogP contribution in [0.5, 0.6) is 0 Å². The number of ether oxygens (including phenoxy) is 1. The topological polar surface area (TPSA) is 9.23 Å². The van der Waals surface area contributed by atoms with Gasteiger partial charge in [-0.25, -0.2) is 0 Å². The maximum Gasteiger partial charge on any atom is 0.0468 e. The zero-order valence-corrected chi connectivity index (χ0v) is 7.49. The van der Waals surface area contributed by atoms with Crippen LogP contribution in [-0.2, 0) is 24.2 Å². The van der Waals surface area contributed by atoms with E-state index in [-0.39, 0.29) is 19.5 Å². The van der Waals surface area contributed by atoms with Crippen LogP contribution in [0.2, 0.25) is 0 Å². The molecular weight excluding hydrogens is 141 g/mol. The molecule has 0 aliphatic carbocycles. The van der Waals surface area contributed by atoms with Gasteiger partial charge in [-0.15, -0.1) is 0 Å². The van der Waals surface area contributed by atoms with E-state index in [9.17, 15) is 0 Å². The van der Waals surface area contributed by atoms with E-state index in [0.29, 0.717) is 0 Å². The molecule has 1 nitrogen and oxygen atoms in total. The molecule has 0 aromatic rings.